The molecule has 38 heavy (non-hydrogen) atoms. The third-order valence-electron chi connectivity index (χ3n) is 5.56. The van der Waals surface area contributed by atoms with Crippen molar-refractivity contribution >= 4 is 40.9 Å². The predicted octanol–water partition coefficient (Wildman–Crippen LogP) is 6.63. The quantitative estimate of drug-likeness (QED) is 0.201. The van der Waals surface area contributed by atoms with Crippen LogP contribution in [0.2, 0.25) is 10.0 Å². The van der Waals surface area contributed by atoms with E-state index in [2.05, 4.69) is 20.5 Å². The van der Waals surface area contributed by atoms with E-state index in [1.165, 1.54) is 24.1 Å². The van der Waals surface area contributed by atoms with Crippen LogP contribution in [0.1, 0.15) is 21.9 Å². The van der Waals surface area contributed by atoms with E-state index in [-0.39, 0.29) is 17.4 Å². The number of nitrogens with zero attached hydrogens (tertiary/aromatic N) is 4. The standard InChI is InChI=1S/C27H20Cl2FN5O2S/c28-19-11-10-17(20(29)14-19)12-13-31-26(36)22-15-37-24(32-22)16-38-27-34-33-25(18-6-2-1-3-7-18)35(27)23-9-5-4-8-21(23)30/h1-11,14-15H,12-13,16H2,(H,31,36). The van der Waals surface area contributed by atoms with Gasteiger partial charge in [-0.3, -0.25) is 9.36 Å². The van der Waals surface area contributed by atoms with E-state index >= 15 is 0 Å². The maximum absolute atomic E-state index is 14.8. The van der Waals surface area contributed by atoms with Gasteiger partial charge in [-0.15, -0.1) is 10.2 Å². The van der Waals surface area contributed by atoms with Gasteiger partial charge in [0.25, 0.3) is 5.91 Å². The van der Waals surface area contributed by atoms with Crippen LogP contribution in [0.15, 0.2) is 88.6 Å². The molecule has 0 aliphatic heterocycles. The lowest BCUT2D eigenvalue weighted by Gasteiger charge is -2.10. The molecule has 0 aliphatic rings. The van der Waals surface area contributed by atoms with E-state index in [1.54, 1.807) is 34.9 Å². The van der Waals surface area contributed by atoms with E-state index in [0.717, 1.165) is 11.1 Å². The molecule has 1 amide bonds. The molecular weight excluding hydrogens is 548 g/mol. The third-order valence-corrected chi connectivity index (χ3v) is 7.06. The van der Waals surface area contributed by atoms with Gasteiger partial charge in [0, 0.05) is 22.2 Å². The molecule has 5 aromatic rings. The van der Waals surface area contributed by atoms with Gasteiger partial charge in [-0.05, 0) is 36.2 Å². The molecule has 0 fully saturated rings. The monoisotopic (exact) mass is 567 g/mol. The van der Waals surface area contributed by atoms with E-state index in [4.69, 9.17) is 27.6 Å². The molecule has 11 heteroatoms. The Kier molecular flexibility index (Phi) is 8.07. The topological polar surface area (TPSA) is 85.8 Å². The molecule has 0 radical (unpaired) electrons. The van der Waals surface area contributed by atoms with Crippen LogP contribution in [-0.4, -0.2) is 32.2 Å². The first-order chi connectivity index (χ1) is 18.5. The van der Waals surface area contributed by atoms with Gasteiger partial charge in [-0.25, -0.2) is 9.37 Å². The van der Waals surface area contributed by atoms with Crippen LogP contribution >= 0.6 is 35.0 Å². The summed E-state index contributed by atoms with van der Waals surface area (Å²) < 4.78 is 21.9. The molecule has 7 nitrogen and oxygen atoms in total. The molecule has 2 heterocycles. The van der Waals surface area contributed by atoms with Crippen molar-refractivity contribution in [3.05, 3.63) is 112 Å². The Morgan fingerprint density at radius 1 is 1.03 bits per heavy atom. The molecule has 0 unspecified atom stereocenters. The normalized spacial score (nSPS) is 11.0. The number of hydrogen-bond acceptors (Lipinski definition) is 6. The lowest BCUT2D eigenvalue weighted by molar-refractivity contribution is 0.0949. The van der Waals surface area contributed by atoms with Crippen molar-refractivity contribution in [1.82, 2.24) is 25.1 Å². The molecule has 0 atom stereocenters. The second-order valence-corrected chi connectivity index (χ2v) is 9.90. The molecule has 1 N–H and O–H groups in total. The molecule has 0 saturated carbocycles. The second-order valence-electron chi connectivity index (χ2n) is 8.12. The Morgan fingerprint density at radius 3 is 2.61 bits per heavy atom. The fourth-order valence-electron chi connectivity index (χ4n) is 3.72. The first kappa shape index (κ1) is 26.0. The van der Waals surface area contributed by atoms with Crippen molar-refractivity contribution in [2.75, 3.05) is 6.54 Å². The molecule has 2 aromatic heterocycles. The van der Waals surface area contributed by atoms with Gasteiger partial charge >= 0.3 is 0 Å². The third kappa shape index (κ3) is 5.91. The average Bonchev–Trinajstić information content (AvgIpc) is 3.57. The van der Waals surface area contributed by atoms with Crippen molar-refractivity contribution in [1.29, 1.82) is 0 Å². The first-order valence-electron chi connectivity index (χ1n) is 11.5. The lowest BCUT2D eigenvalue weighted by atomic mass is 10.1. The van der Waals surface area contributed by atoms with Gasteiger partial charge in [-0.1, -0.05) is 83.5 Å². The Hall–Kier alpha value is -3.66. The molecule has 0 spiro atoms. The van der Waals surface area contributed by atoms with Crippen LogP contribution in [0.25, 0.3) is 17.1 Å². The average molecular weight is 568 g/mol. The number of thioether (sulfide) groups is 1. The highest BCUT2D eigenvalue weighted by Crippen LogP contribution is 2.30. The van der Waals surface area contributed by atoms with Crippen molar-refractivity contribution < 1.29 is 13.6 Å². The minimum atomic E-state index is -0.402. The predicted molar refractivity (Wildman–Crippen MR) is 145 cm³/mol. The number of carbonyl (C=O) groups is 1. The number of halogens is 3. The number of oxazole rings is 1. The molecule has 0 saturated heterocycles. The van der Waals surface area contributed by atoms with Crippen LogP contribution in [-0.2, 0) is 12.2 Å². The highest BCUT2D eigenvalue weighted by Gasteiger charge is 2.20. The number of carbonyl (C=O) groups excluding carboxylic acids is 1. The molecule has 0 bridgehead atoms. The smallest absolute Gasteiger partial charge is 0.273 e. The number of hydrogen-bond donors (Lipinski definition) is 1. The first-order valence-corrected chi connectivity index (χ1v) is 13.3. The molecule has 3 aromatic carbocycles. The van der Waals surface area contributed by atoms with Crippen molar-refractivity contribution in [2.45, 2.75) is 17.3 Å². The highest BCUT2D eigenvalue weighted by atomic mass is 35.5. The van der Waals surface area contributed by atoms with Gasteiger partial charge in [0.05, 0.1) is 11.4 Å². The summed E-state index contributed by atoms with van der Waals surface area (Å²) in [5.41, 5.74) is 2.16. The van der Waals surface area contributed by atoms with Crippen LogP contribution in [0.3, 0.4) is 0 Å². The number of aromatic nitrogens is 4. The van der Waals surface area contributed by atoms with Crippen LogP contribution in [0.4, 0.5) is 4.39 Å². The van der Waals surface area contributed by atoms with Crippen LogP contribution in [0, 0.1) is 5.82 Å². The summed E-state index contributed by atoms with van der Waals surface area (Å²) >= 11 is 13.4. The SMILES string of the molecule is O=C(NCCc1ccc(Cl)cc1Cl)c1coc(CSc2nnc(-c3ccccc3)n2-c2ccccc2F)n1. The molecule has 5 rings (SSSR count). The van der Waals surface area contributed by atoms with Crippen LogP contribution < -0.4 is 5.32 Å². The maximum atomic E-state index is 14.8. The zero-order chi connectivity index (χ0) is 26.5. The molecule has 192 valence electrons. The number of benzene rings is 3. The number of rotatable bonds is 9. The Morgan fingerprint density at radius 2 is 1.82 bits per heavy atom. The summed E-state index contributed by atoms with van der Waals surface area (Å²) in [6, 6.07) is 21.1. The molecular formula is C27H20Cl2FN5O2S. The van der Waals surface area contributed by atoms with Crippen molar-refractivity contribution in [3.63, 3.8) is 0 Å². The van der Waals surface area contributed by atoms with E-state index in [1.807, 2.05) is 36.4 Å². The van der Waals surface area contributed by atoms with E-state index in [9.17, 15) is 9.18 Å². The maximum Gasteiger partial charge on any atom is 0.273 e. The minimum Gasteiger partial charge on any atom is -0.447 e. The number of nitrogens with one attached hydrogen (secondary N) is 1. The Labute approximate surface area is 232 Å². The fraction of sp³-hybridized carbons (Fsp3) is 0.111. The summed E-state index contributed by atoms with van der Waals surface area (Å²) in [7, 11) is 0. The van der Waals surface area contributed by atoms with Gasteiger partial charge < -0.3 is 9.73 Å². The second kappa shape index (κ2) is 11.8. The van der Waals surface area contributed by atoms with Crippen LogP contribution in [0.5, 0.6) is 0 Å². The number of amides is 1. The summed E-state index contributed by atoms with van der Waals surface area (Å²) in [4.78, 5) is 16.8. The van der Waals surface area contributed by atoms with Gasteiger partial charge in [-0.2, -0.15) is 0 Å². The molecule has 0 aliphatic carbocycles. The lowest BCUT2D eigenvalue weighted by Crippen LogP contribution is -2.26. The van der Waals surface area contributed by atoms with Crippen molar-refractivity contribution in [3.8, 4) is 17.1 Å². The Bertz CT molecular complexity index is 1580. The Balaban J connectivity index is 1.27. The summed E-state index contributed by atoms with van der Waals surface area (Å²) in [6.45, 7) is 0.366. The summed E-state index contributed by atoms with van der Waals surface area (Å²) in [5, 5.41) is 13.0. The van der Waals surface area contributed by atoms with E-state index in [0.29, 0.717) is 45.6 Å². The fourth-order valence-corrected chi connectivity index (χ4v) is 5.02. The summed E-state index contributed by atoms with van der Waals surface area (Å²) in [5.74, 6) is 0.323. The number of para-hydroxylation sites is 1. The van der Waals surface area contributed by atoms with E-state index < -0.39 is 5.82 Å². The van der Waals surface area contributed by atoms with Crippen molar-refractivity contribution in [2.24, 2.45) is 0 Å². The largest absolute Gasteiger partial charge is 0.447 e. The zero-order valence-corrected chi connectivity index (χ0v) is 22.1. The summed E-state index contributed by atoms with van der Waals surface area (Å²) in [6.07, 6.45) is 1.84. The highest BCUT2D eigenvalue weighted by molar-refractivity contribution is 7.98. The minimum absolute atomic E-state index is 0.156. The van der Waals surface area contributed by atoms with Gasteiger partial charge in [0.15, 0.2) is 16.7 Å². The van der Waals surface area contributed by atoms with Gasteiger partial charge in [0.1, 0.15) is 12.1 Å². The zero-order valence-electron chi connectivity index (χ0n) is 19.8. The van der Waals surface area contributed by atoms with Gasteiger partial charge in [0.2, 0.25) is 5.89 Å².